The second-order valence-electron chi connectivity index (χ2n) is 7.98. The average molecular weight is 483 g/mol. The summed E-state index contributed by atoms with van der Waals surface area (Å²) in [5, 5.41) is 5.27. The summed E-state index contributed by atoms with van der Waals surface area (Å²) in [7, 11) is 0. The highest BCUT2D eigenvalue weighted by Gasteiger charge is 2.15. The van der Waals surface area contributed by atoms with Crippen molar-refractivity contribution in [1.29, 1.82) is 0 Å². The lowest BCUT2D eigenvalue weighted by molar-refractivity contribution is 0.217. The molecule has 5 rings (SSSR count). The lowest BCUT2D eigenvalue weighted by Gasteiger charge is -2.19. The minimum absolute atomic E-state index is 0.0929. The average Bonchev–Trinajstić information content (AvgIpc) is 3.17. The highest BCUT2D eigenvalue weighted by molar-refractivity contribution is 7.17. The van der Waals surface area contributed by atoms with Crippen molar-refractivity contribution >= 4 is 21.6 Å². The lowest BCUT2D eigenvalue weighted by atomic mass is 10.2. The Hall–Kier alpha value is -3.14. The first-order valence-electron chi connectivity index (χ1n) is 11.2. The van der Waals surface area contributed by atoms with E-state index in [4.69, 9.17) is 9.47 Å². The van der Waals surface area contributed by atoms with Crippen LogP contribution in [0, 0.1) is 11.6 Å². The van der Waals surface area contributed by atoms with Gasteiger partial charge in [-0.05, 0) is 67.4 Å². The summed E-state index contributed by atoms with van der Waals surface area (Å²) < 4.78 is 39.7. The Labute approximate surface area is 200 Å². The Kier molecular flexibility index (Phi) is 6.94. The summed E-state index contributed by atoms with van der Waals surface area (Å²) in [6.45, 7) is 5.73. The minimum atomic E-state index is -0.789. The van der Waals surface area contributed by atoms with Gasteiger partial charge in [-0.3, -0.25) is 4.90 Å². The molecule has 4 aromatic rings. The smallest absolute Gasteiger partial charge is 0.241 e. The molecule has 1 N–H and O–H groups in total. The van der Waals surface area contributed by atoms with Gasteiger partial charge in [0.15, 0.2) is 17.4 Å². The third kappa shape index (κ3) is 5.32. The first kappa shape index (κ1) is 22.6. The number of aromatic nitrogens is 2. The molecular formula is C25H24F2N4O2S. The minimum Gasteiger partial charge on any atom is -0.492 e. The quantitative estimate of drug-likeness (QED) is 0.395. The van der Waals surface area contributed by atoms with E-state index < -0.39 is 11.6 Å². The molecule has 34 heavy (non-hydrogen) atoms. The van der Waals surface area contributed by atoms with Gasteiger partial charge in [-0.25, -0.2) is 13.8 Å². The van der Waals surface area contributed by atoms with Crippen LogP contribution in [-0.4, -0.2) is 54.2 Å². The topological polar surface area (TPSA) is 59.5 Å². The SMILES string of the molecule is Fc1ccc(Oc2nc(-c3ccc(OCCN4CCCNCC4)cc3)nc3ccsc23)c(F)c1. The lowest BCUT2D eigenvalue weighted by Crippen LogP contribution is -2.31. The molecule has 9 heteroatoms. The summed E-state index contributed by atoms with van der Waals surface area (Å²) in [5.74, 6) is -0.0919. The maximum atomic E-state index is 14.1. The van der Waals surface area contributed by atoms with E-state index in [1.807, 2.05) is 35.7 Å². The summed E-state index contributed by atoms with van der Waals surface area (Å²) in [5.41, 5.74) is 1.48. The molecule has 0 bridgehead atoms. The normalized spacial score (nSPS) is 14.8. The molecule has 0 unspecified atom stereocenters. The molecule has 0 amide bonds. The van der Waals surface area contributed by atoms with Crippen molar-refractivity contribution in [2.45, 2.75) is 6.42 Å². The monoisotopic (exact) mass is 482 g/mol. The first-order valence-corrected chi connectivity index (χ1v) is 12.1. The molecule has 0 saturated carbocycles. The number of halogens is 2. The van der Waals surface area contributed by atoms with Crippen LogP contribution in [0.3, 0.4) is 0 Å². The van der Waals surface area contributed by atoms with Gasteiger partial charge in [0.05, 0.1) is 5.52 Å². The van der Waals surface area contributed by atoms with Crippen LogP contribution in [0.15, 0.2) is 53.9 Å². The van der Waals surface area contributed by atoms with E-state index >= 15 is 0 Å². The maximum absolute atomic E-state index is 14.1. The van der Waals surface area contributed by atoms with Gasteiger partial charge in [0.2, 0.25) is 5.88 Å². The molecule has 1 saturated heterocycles. The summed E-state index contributed by atoms with van der Waals surface area (Å²) in [6, 6.07) is 12.6. The zero-order valence-electron chi connectivity index (χ0n) is 18.5. The van der Waals surface area contributed by atoms with Crippen LogP contribution in [0.4, 0.5) is 8.78 Å². The number of fused-ring (bicyclic) bond motifs is 1. The van der Waals surface area contributed by atoms with Crippen molar-refractivity contribution in [1.82, 2.24) is 20.2 Å². The van der Waals surface area contributed by atoms with Crippen molar-refractivity contribution in [2.24, 2.45) is 0 Å². The molecule has 1 fully saturated rings. The summed E-state index contributed by atoms with van der Waals surface area (Å²) in [6.07, 6.45) is 1.16. The molecule has 1 aliphatic heterocycles. The first-order chi connectivity index (χ1) is 16.7. The number of nitrogens with one attached hydrogen (secondary N) is 1. The molecule has 176 valence electrons. The number of ether oxygens (including phenoxy) is 2. The Morgan fingerprint density at radius 2 is 1.88 bits per heavy atom. The Morgan fingerprint density at radius 1 is 1.00 bits per heavy atom. The van der Waals surface area contributed by atoms with E-state index in [1.165, 1.54) is 17.4 Å². The molecule has 0 atom stereocenters. The second kappa shape index (κ2) is 10.4. The fourth-order valence-electron chi connectivity index (χ4n) is 3.82. The van der Waals surface area contributed by atoms with Crippen molar-refractivity contribution in [3.05, 3.63) is 65.5 Å². The molecule has 6 nitrogen and oxygen atoms in total. The van der Waals surface area contributed by atoms with Crippen LogP contribution in [0.1, 0.15) is 6.42 Å². The van der Waals surface area contributed by atoms with Gasteiger partial charge in [0.1, 0.15) is 22.9 Å². The number of hydrogen-bond acceptors (Lipinski definition) is 7. The molecule has 0 aliphatic carbocycles. The van der Waals surface area contributed by atoms with Crippen LogP contribution in [0.2, 0.25) is 0 Å². The van der Waals surface area contributed by atoms with Crippen molar-refractivity contribution in [3.63, 3.8) is 0 Å². The summed E-state index contributed by atoms with van der Waals surface area (Å²) in [4.78, 5) is 11.6. The predicted octanol–water partition coefficient (Wildman–Crippen LogP) is 5.10. The van der Waals surface area contributed by atoms with Crippen LogP contribution in [-0.2, 0) is 0 Å². The molecule has 1 aliphatic rings. The van der Waals surface area contributed by atoms with E-state index in [2.05, 4.69) is 20.2 Å². The number of thiophene rings is 1. The third-order valence-corrected chi connectivity index (χ3v) is 6.49. The fourth-order valence-corrected chi connectivity index (χ4v) is 4.57. The van der Waals surface area contributed by atoms with Crippen LogP contribution in [0.25, 0.3) is 21.6 Å². The van der Waals surface area contributed by atoms with Gasteiger partial charge >= 0.3 is 0 Å². The van der Waals surface area contributed by atoms with E-state index in [0.29, 0.717) is 22.6 Å². The molecule has 0 spiro atoms. The Morgan fingerprint density at radius 3 is 2.74 bits per heavy atom. The predicted molar refractivity (Wildman–Crippen MR) is 129 cm³/mol. The molecule has 2 aromatic carbocycles. The van der Waals surface area contributed by atoms with E-state index in [-0.39, 0.29) is 11.6 Å². The Bertz CT molecular complexity index is 1260. The summed E-state index contributed by atoms with van der Waals surface area (Å²) >= 11 is 1.40. The fraction of sp³-hybridized carbons (Fsp3) is 0.280. The zero-order valence-corrected chi connectivity index (χ0v) is 19.3. The van der Waals surface area contributed by atoms with Gasteiger partial charge < -0.3 is 14.8 Å². The van der Waals surface area contributed by atoms with E-state index in [9.17, 15) is 8.78 Å². The van der Waals surface area contributed by atoms with Gasteiger partial charge in [-0.15, -0.1) is 11.3 Å². The van der Waals surface area contributed by atoms with Crippen LogP contribution >= 0.6 is 11.3 Å². The van der Waals surface area contributed by atoms with Gasteiger partial charge in [0.25, 0.3) is 0 Å². The van der Waals surface area contributed by atoms with E-state index in [1.54, 1.807) is 0 Å². The Balaban J connectivity index is 1.30. The van der Waals surface area contributed by atoms with E-state index in [0.717, 1.165) is 62.6 Å². The van der Waals surface area contributed by atoms with Crippen molar-refractivity contribution < 1.29 is 18.3 Å². The molecule has 2 aromatic heterocycles. The molecule has 0 radical (unpaired) electrons. The van der Waals surface area contributed by atoms with Gasteiger partial charge in [-0.2, -0.15) is 4.98 Å². The standard InChI is InChI=1S/C25H24F2N4O2S/c26-18-4-7-22(20(27)16-18)33-25-23-21(8-15-34-23)29-24(30-25)17-2-5-19(6-3-17)32-14-13-31-11-1-9-28-10-12-31/h2-8,15-16,28H,1,9-14H2. The van der Waals surface area contributed by atoms with Gasteiger partial charge in [0, 0.05) is 31.3 Å². The number of rotatable bonds is 7. The number of nitrogens with zero attached hydrogens (tertiary/aromatic N) is 3. The van der Waals surface area contributed by atoms with Gasteiger partial charge in [-0.1, -0.05) is 0 Å². The number of benzene rings is 2. The maximum Gasteiger partial charge on any atom is 0.241 e. The second-order valence-corrected chi connectivity index (χ2v) is 8.90. The van der Waals surface area contributed by atoms with Crippen molar-refractivity contribution in [3.8, 4) is 28.8 Å². The van der Waals surface area contributed by atoms with Crippen LogP contribution < -0.4 is 14.8 Å². The number of hydrogen-bond donors (Lipinski definition) is 1. The molecular weight excluding hydrogens is 458 g/mol. The van der Waals surface area contributed by atoms with Crippen LogP contribution in [0.5, 0.6) is 17.4 Å². The van der Waals surface area contributed by atoms with Crippen molar-refractivity contribution in [2.75, 3.05) is 39.3 Å². The molecule has 3 heterocycles. The third-order valence-electron chi connectivity index (χ3n) is 5.59. The zero-order chi connectivity index (χ0) is 23.3. The largest absolute Gasteiger partial charge is 0.492 e. The highest BCUT2D eigenvalue weighted by atomic mass is 32.1. The highest BCUT2D eigenvalue weighted by Crippen LogP contribution is 2.34.